The number of amides is 1. The molecule has 0 saturated carbocycles. The van der Waals surface area contributed by atoms with Gasteiger partial charge in [0.15, 0.2) is 11.3 Å². The Labute approximate surface area is 171 Å². The first-order valence-electron chi connectivity index (χ1n) is 9.52. The fourth-order valence-electron chi connectivity index (χ4n) is 3.51. The lowest BCUT2D eigenvalue weighted by molar-refractivity contribution is 0.0778. The smallest absolute Gasteiger partial charge is 0.274 e. The first kappa shape index (κ1) is 19.7. The van der Waals surface area contributed by atoms with E-state index in [0.29, 0.717) is 29.1 Å². The molecule has 2 atom stereocenters. The topological polar surface area (TPSA) is 91.2 Å². The summed E-state index contributed by atoms with van der Waals surface area (Å²) < 4.78 is 14.2. The van der Waals surface area contributed by atoms with Crippen LogP contribution >= 0.6 is 11.3 Å². The van der Waals surface area contributed by atoms with Crippen LogP contribution in [0.3, 0.4) is 0 Å². The fourth-order valence-corrected chi connectivity index (χ4v) is 4.35. The van der Waals surface area contributed by atoms with Gasteiger partial charge in [0, 0.05) is 25.6 Å². The molecule has 0 radical (unpaired) electrons. The molecule has 3 heterocycles. The minimum Gasteiger partial charge on any atom is -0.396 e. The van der Waals surface area contributed by atoms with Gasteiger partial charge in [0.05, 0.1) is 11.0 Å². The van der Waals surface area contributed by atoms with E-state index in [1.807, 2.05) is 19.9 Å². The minimum atomic E-state index is -0.314. The second-order valence-electron chi connectivity index (χ2n) is 7.29. The predicted octanol–water partition coefficient (Wildman–Crippen LogP) is 3.16. The summed E-state index contributed by atoms with van der Waals surface area (Å²) in [5, 5.41) is 13.3. The van der Waals surface area contributed by atoms with Crippen LogP contribution in [0.25, 0.3) is 10.3 Å². The van der Waals surface area contributed by atoms with Gasteiger partial charge in [-0.05, 0) is 38.0 Å². The lowest BCUT2D eigenvalue weighted by Gasteiger charge is -2.18. The number of nitrogens with one attached hydrogen (secondary N) is 1. The second kappa shape index (κ2) is 8.00. The van der Waals surface area contributed by atoms with Crippen LogP contribution in [0.5, 0.6) is 0 Å². The molecular formula is C20H22FN5O2S. The van der Waals surface area contributed by atoms with Crippen LogP contribution < -0.4 is 5.32 Å². The number of carbonyl (C=O) groups is 1. The molecule has 2 aromatic heterocycles. The van der Waals surface area contributed by atoms with Crippen LogP contribution in [0.1, 0.15) is 40.4 Å². The lowest BCUT2D eigenvalue weighted by atomic mass is 10.1. The maximum absolute atomic E-state index is 13.5. The first-order chi connectivity index (χ1) is 13.9. The van der Waals surface area contributed by atoms with Gasteiger partial charge in [-0.2, -0.15) is 4.98 Å². The quantitative estimate of drug-likeness (QED) is 0.665. The van der Waals surface area contributed by atoms with E-state index in [1.165, 1.54) is 23.5 Å². The number of aromatic nitrogens is 3. The van der Waals surface area contributed by atoms with E-state index in [4.69, 9.17) is 0 Å². The first-order valence-corrected chi connectivity index (χ1v) is 10.3. The van der Waals surface area contributed by atoms with Crippen molar-refractivity contribution < 1.29 is 14.3 Å². The fraction of sp³-hybridized carbons (Fsp3) is 0.400. The van der Waals surface area contributed by atoms with Crippen molar-refractivity contribution in [2.24, 2.45) is 5.92 Å². The molecule has 152 valence electrons. The molecule has 1 aliphatic rings. The molecule has 1 fully saturated rings. The number of likely N-dealkylation sites (tertiary alicyclic amines) is 1. The van der Waals surface area contributed by atoms with E-state index < -0.39 is 0 Å². The molecular weight excluding hydrogens is 393 g/mol. The van der Waals surface area contributed by atoms with Crippen molar-refractivity contribution in [1.82, 2.24) is 19.9 Å². The van der Waals surface area contributed by atoms with E-state index in [0.717, 1.165) is 17.0 Å². The summed E-state index contributed by atoms with van der Waals surface area (Å²) in [5.41, 5.74) is 1.53. The number of aryl methyl sites for hydroxylation is 1. The number of anilines is 1. The number of hydrogen-bond acceptors (Lipinski definition) is 7. The van der Waals surface area contributed by atoms with Gasteiger partial charge < -0.3 is 15.3 Å². The van der Waals surface area contributed by atoms with Gasteiger partial charge in [0.2, 0.25) is 5.95 Å². The molecule has 3 aromatic rings. The number of aliphatic hydroxyl groups excluding tert-OH is 1. The van der Waals surface area contributed by atoms with Crippen molar-refractivity contribution in [2.75, 3.05) is 25.0 Å². The second-order valence-corrected chi connectivity index (χ2v) is 8.49. The summed E-state index contributed by atoms with van der Waals surface area (Å²) in [4.78, 5) is 28.2. The molecule has 0 spiro atoms. The van der Waals surface area contributed by atoms with Crippen LogP contribution in [-0.4, -0.2) is 50.6 Å². The number of fused-ring (bicyclic) bond motifs is 1. The van der Waals surface area contributed by atoms with Crippen molar-refractivity contribution >= 4 is 33.5 Å². The van der Waals surface area contributed by atoms with Gasteiger partial charge in [-0.25, -0.2) is 14.4 Å². The Morgan fingerprint density at radius 2 is 2.24 bits per heavy atom. The normalized spacial score (nSPS) is 17.7. The Balaban J connectivity index is 1.66. The van der Waals surface area contributed by atoms with Gasteiger partial charge in [-0.15, -0.1) is 11.3 Å². The van der Waals surface area contributed by atoms with Crippen molar-refractivity contribution in [2.45, 2.75) is 26.3 Å². The molecule has 9 heteroatoms. The third-order valence-corrected chi connectivity index (χ3v) is 6.06. The number of nitrogens with zero attached hydrogens (tertiary/aromatic N) is 4. The summed E-state index contributed by atoms with van der Waals surface area (Å²) in [5.74, 6) is -0.115. The molecule has 0 aliphatic carbocycles. The van der Waals surface area contributed by atoms with E-state index in [-0.39, 0.29) is 36.2 Å². The molecule has 0 unspecified atom stereocenters. The Bertz CT molecular complexity index is 1060. The standard InChI is InChI=1S/C20H22FN5O2S/c1-11(14-4-3-5-15(21)8-14)22-20-24-16(17-18(25-20)23-12(2)29-17)19(28)26-7-6-13(9-26)10-27/h3-5,8,11,13,27H,6-7,9-10H2,1-2H3,(H,22,24,25)/t11-,13+/m0/s1. The third-order valence-electron chi connectivity index (χ3n) is 5.09. The summed E-state index contributed by atoms with van der Waals surface area (Å²) in [6, 6.07) is 6.06. The number of halogens is 1. The predicted molar refractivity (Wildman–Crippen MR) is 109 cm³/mol. The lowest BCUT2D eigenvalue weighted by Crippen LogP contribution is -2.30. The number of rotatable bonds is 5. The van der Waals surface area contributed by atoms with Crippen LogP contribution in [0.15, 0.2) is 24.3 Å². The van der Waals surface area contributed by atoms with Crippen LogP contribution in [0.4, 0.5) is 10.3 Å². The average Bonchev–Trinajstić information content (AvgIpc) is 3.32. The zero-order chi connectivity index (χ0) is 20.5. The van der Waals surface area contributed by atoms with E-state index in [1.54, 1.807) is 11.0 Å². The Hall–Kier alpha value is -2.65. The highest BCUT2D eigenvalue weighted by atomic mass is 32.1. The molecule has 2 N–H and O–H groups in total. The maximum atomic E-state index is 13.5. The summed E-state index contributed by atoms with van der Waals surface area (Å²) in [7, 11) is 0. The van der Waals surface area contributed by atoms with Gasteiger partial charge >= 0.3 is 0 Å². The van der Waals surface area contributed by atoms with Crippen LogP contribution in [0, 0.1) is 18.7 Å². The number of aliphatic hydroxyl groups is 1. The summed E-state index contributed by atoms with van der Waals surface area (Å²) >= 11 is 1.39. The molecule has 1 aromatic carbocycles. The highest BCUT2D eigenvalue weighted by Gasteiger charge is 2.29. The van der Waals surface area contributed by atoms with Gasteiger partial charge in [0.25, 0.3) is 5.91 Å². The van der Waals surface area contributed by atoms with Crippen LogP contribution in [-0.2, 0) is 0 Å². The van der Waals surface area contributed by atoms with Gasteiger partial charge in [-0.1, -0.05) is 12.1 Å². The average molecular weight is 415 g/mol. The number of thiazole rings is 1. The van der Waals surface area contributed by atoms with E-state index >= 15 is 0 Å². The molecule has 7 nitrogen and oxygen atoms in total. The largest absolute Gasteiger partial charge is 0.396 e. The van der Waals surface area contributed by atoms with Gasteiger partial charge in [-0.3, -0.25) is 4.79 Å². The molecule has 1 saturated heterocycles. The SMILES string of the molecule is Cc1nc2nc(N[C@@H](C)c3cccc(F)c3)nc(C(=O)N3CC[C@@H](CO)C3)c2s1. The third kappa shape index (κ3) is 4.06. The van der Waals surface area contributed by atoms with Crippen molar-refractivity contribution in [3.05, 3.63) is 46.3 Å². The van der Waals surface area contributed by atoms with Crippen molar-refractivity contribution in [3.63, 3.8) is 0 Å². The zero-order valence-corrected chi connectivity index (χ0v) is 17.0. The Morgan fingerprint density at radius 1 is 1.41 bits per heavy atom. The van der Waals surface area contributed by atoms with E-state index in [9.17, 15) is 14.3 Å². The maximum Gasteiger partial charge on any atom is 0.274 e. The monoisotopic (exact) mass is 415 g/mol. The summed E-state index contributed by atoms with van der Waals surface area (Å²) in [6.07, 6.45) is 0.778. The summed E-state index contributed by atoms with van der Waals surface area (Å²) in [6.45, 7) is 4.92. The van der Waals surface area contributed by atoms with Crippen molar-refractivity contribution in [3.8, 4) is 0 Å². The molecule has 29 heavy (non-hydrogen) atoms. The molecule has 4 rings (SSSR count). The highest BCUT2D eigenvalue weighted by molar-refractivity contribution is 7.18. The Kier molecular flexibility index (Phi) is 5.42. The van der Waals surface area contributed by atoms with Crippen LogP contribution in [0.2, 0.25) is 0 Å². The number of benzene rings is 1. The Morgan fingerprint density at radius 3 is 2.97 bits per heavy atom. The van der Waals surface area contributed by atoms with Crippen molar-refractivity contribution in [1.29, 1.82) is 0 Å². The number of hydrogen-bond donors (Lipinski definition) is 2. The van der Waals surface area contributed by atoms with Gasteiger partial charge in [0.1, 0.15) is 10.5 Å². The highest BCUT2D eigenvalue weighted by Crippen LogP contribution is 2.28. The van der Waals surface area contributed by atoms with E-state index in [2.05, 4.69) is 20.3 Å². The molecule has 1 amide bonds. The molecule has 0 bridgehead atoms. The number of carbonyl (C=O) groups excluding carboxylic acids is 1. The minimum absolute atomic E-state index is 0.0700. The molecule has 1 aliphatic heterocycles. The zero-order valence-electron chi connectivity index (χ0n) is 16.2.